The molecule has 1 N–H and O–H groups in total. The zero-order valence-corrected chi connectivity index (χ0v) is 23.2. The zero-order valence-electron chi connectivity index (χ0n) is 21.3. The molecule has 0 aliphatic carbocycles. The number of thiazole rings is 1. The van der Waals surface area contributed by atoms with E-state index in [4.69, 9.17) is 9.16 Å². The Morgan fingerprint density at radius 3 is 2.42 bits per heavy atom. The van der Waals surface area contributed by atoms with E-state index in [1.54, 1.807) is 5.38 Å². The van der Waals surface area contributed by atoms with Gasteiger partial charge in [0.25, 0.3) is 0 Å². The lowest BCUT2D eigenvalue weighted by Crippen LogP contribution is -2.44. The third-order valence-corrected chi connectivity index (χ3v) is 11.7. The van der Waals surface area contributed by atoms with E-state index in [2.05, 4.69) is 64.9 Å². The van der Waals surface area contributed by atoms with Gasteiger partial charge in [-0.3, -0.25) is 0 Å². The number of carbonyl (C=O) groups is 1. The number of hydrogen-bond donors (Lipinski definition) is 1. The molecule has 0 fully saturated rings. The molecule has 0 spiro atoms. The number of ether oxygens (including phenoxy) is 1. The molecule has 7 heteroatoms. The minimum Gasteiger partial charge on any atom is -0.461 e. The summed E-state index contributed by atoms with van der Waals surface area (Å²) in [5.74, 6) is 0.131. The molecule has 0 radical (unpaired) electrons. The van der Waals surface area contributed by atoms with Gasteiger partial charge in [0.05, 0.1) is 12.7 Å². The summed E-state index contributed by atoms with van der Waals surface area (Å²) in [5.41, 5.74) is 0.388. The van der Waals surface area contributed by atoms with Gasteiger partial charge in [-0.1, -0.05) is 60.8 Å². The second kappa shape index (κ2) is 13.1. The second-order valence-corrected chi connectivity index (χ2v) is 15.9. The van der Waals surface area contributed by atoms with Crippen LogP contribution in [-0.2, 0) is 9.16 Å². The molecule has 180 valence electrons. The van der Waals surface area contributed by atoms with E-state index >= 15 is 0 Å². The quantitative estimate of drug-likeness (QED) is 0.181. The first kappa shape index (κ1) is 28.3. The molecule has 0 saturated heterocycles. The first-order valence-corrected chi connectivity index (χ1v) is 15.8. The van der Waals surface area contributed by atoms with Crippen molar-refractivity contribution in [3.8, 4) is 0 Å². The molecule has 0 amide bonds. The molecule has 1 aromatic heterocycles. The number of rotatable bonds is 14. The number of esters is 1. The van der Waals surface area contributed by atoms with Gasteiger partial charge < -0.3 is 14.5 Å². The smallest absolute Gasteiger partial charge is 0.357 e. The fourth-order valence-electron chi connectivity index (χ4n) is 3.13. The van der Waals surface area contributed by atoms with Gasteiger partial charge in [-0.05, 0) is 50.4 Å². The van der Waals surface area contributed by atoms with Gasteiger partial charge in [0.1, 0.15) is 5.01 Å². The monoisotopic (exact) mass is 470 g/mol. The van der Waals surface area contributed by atoms with Crippen LogP contribution >= 0.6 is 11.3 Å². The van der Waals surface area contributed by atoms with Crippen molar-refractivity contribution in [1.29, 1.82) is 0 Å². The maximum absolute atomic E-state index is 12.2. The highest BCUT2D eigenvalue weighted by molar-refractivity contribution is 7.09. The number of aromatic nitrogens is 1. The van der Waals surface area contributed by atoms with Crippen LogP contribution in [0.2, 0.25) is 18.1 Å². The summed E-state index contributed by atoms with van der Waals surface area (Å²) in [5, 5.41) is 6.56. The molecule has 1 aromatic rings. The minimum atomic E-state index is -2.01. The van der Waals surface area contributed by atoms with Crippen molar-refractivity contribution in [2.24, 2.45) is 5.92 Å². The van der Waals surface area contributed by atoms with Crippen LogP contribution in [0, 0.1) is 5.92 Å². The second-order valence-electron chi connectivity index (χ2n) is 10.3. The molecule has 31 heavy (non-hydrogen) atoms. The Bertz CT molecular complexity index is 655. The summed E-state index contributed by atoms with van der Waals surface area (Å²) in [6.07, 6.45) is 5.75. The first-order valence-electron chi connectivity index (χ1n) is 12.0. The van der Waals surface area contributed by atoms with Gasteiger partial charge in [-0.25, -0.2) is 9.78 Å². The predicted octanol–water partition coefficient (Wildman–Crippen LogP) is 6.97. The number of nitrogens with one attached hydrogen (secondary N) is 1. The summed E-state index contributed by atoms with van der Waals surface area (Å²) in [6.45, 7) is 21.3. The zero-order chi connectivity index (χ0) is 23.7. The number of unbranched alkanes of at least 4 members (excludes halogenated alkanes) is 3. The third kappa shape index (κ3) is 9.32. The number of hydrogen-bond acceptors (Lipinski definition) is 6. The van der Waals surface area contributed by atoms with E-state index in [0.29, 0.717) is 24.3 Å². The average Bonchev–Trinajstić information content (AvgIpc) is 3.15. The van der Waals surface area contributed by atoms with Crippen molar-refractivity contribution in [3.05, 3.63) is 16.1 Å². The van der Waals surface area contributed by atoms with Gasteiger partial charge in [0, 0.05) is 11.4 Å². The molecule has 0 aliphatic rings. The standard InChI is InChI=1S/C24H46N2O3SSi/c1-10-12-13-14-15-25-19(18(3)4)16-21(29-31(8,9)24(5,6)7)22-26-20(17-30-22)23(27)28-11-2/h17-19,21,25H,10-16H2,1-9H3/t19-,21-/m1/s1. The molecule has 0 saturated carbocycles. The predicted molar refractivity (Wildman–Crippen MR) is 134 cm³/mol. The molecule has 0 bridgehead atoms. The maximum atomic E-state index is 12.2. The van der Waals surface area contributed by atoms with Crippen LogP contribution in [0.5, 0.6) is 0 Å². The van der Waals surface area contributed by atoms with Crippen LogP contribution in [0.3, 0.4) is 0 Å². The van der Waals surface area contributed by atoms with Crippen molar-refractivity contribution < 1.29 is 14.0 Å². The van der Waals surface area contributed by atoms with E-state index in [0.717, 1.165) is 18.0 Å². The van der Waals surface area contributed by atoms with Crippen LogP contribution in [-0.4, -0.2) is 38.5 Å². The lowest BCUT2D eigenvalue weighted by molar-refractivity contribution is 0.0519. The fraction of sp³-hybridized carbons (Fsp3) is 0.833. The van der Waals surface area contributed by atoms with Crippen molar-refractivity contribution in [2.75, 3.05) is 13.2 Å². The summed E-state index contributed by atoms with van der Waals surface area (Å²) in [4.78, 5) is 16.8. The Balaban J connectivity index is 3.04. The van der Waals surface area contributed by atoms with Crippen LogP contribution in [0.1, 0.15) is 102 Å². The van der Waals surface area contributed by atoms with Crippen LogP contribution in [0.25, 0.3) is 0 Å². The summed E-state index contributed by atoms with van der Waals surface area (Å²) in [6, 6.07) is 0.339. The Labute approximate surface area is 195 Å². The highest BCUT2D eigenvalue weighted by atomic mass is 32.1. The summed E-state index contributed by atoms with van der Waals surface area (Å²) >= 11 is 1.51. The molecular weight excluding hydrogens is 424 g/mol. The van der Waals surface area contributed by atoms with Crippen LogP contribution in [0.4, 0.5) is 0 Å². The van der Waals surface area contributed by atoms with E-state index in [1.165, 1.54) is 37.0 Å². The third-order valence-electron chi connectivity index (χ3n) is 6.23. The molecular formula is C24H46N2O3SSi. The summed E-state index contributed by atoms with van der Waals surface area (Å²) < 4.78 is 12.0. The maximum Gasteiger partial charge on any atom is 0.357 e. The molecule has 0 aliphatic heterocycles. The summed E-state index contributed by atoms with van der Waals surface area (Å²) in [7, 11) is -2.01. The Hall–Kier alpha value is -0.763. The molecule has 1 rings (SSSR count). The Morgan fingerprint density at radius 1 is 1.19 bits per heavy atom. The highest BCUT2D eigenvalue weighted by Gasteiger charge is 2.40. The largest absolute Gasteiger partial charge is 0.461 e. The van der Waals surface area contributed by atoms with Gasteiger partial charge in [-0.2, -0.15) is 0 Å². The molecule has 5 nitrogen and oxygen atoms in total. The molecule has 0 aromatic carbocycles. The lowest BCUT2D eigenvalue weighted by Gasteiger charge is -2.40. The average molecular weight is 471 g/mol. The van der Waals surface area contributed by atoms with Gasteiger partial charge in [0.2, 0.25) is 0 Å². The molecule has 1 heterocycles. The van der Waals surface area contributed by atoms with E-state index in [1.807, 2.05) is 6.92 Å². The van der Waals surface area contributed by atoms with E-state index < -0.39 is 8.32 Å². The number of carbonyl (C=O) groups excluding carboxylic acids is 1. The molecule has 2 atom stereocenters. The number of nitrogens with zero attached hydrogens (tertiary/aromatic N) is 1. The topological polar surface area (TPSA) is 60.5 Å². The van der Waals surface area contributed by atoms with Crippen LogP contribution < -0.4 is 5.32 Å². The lowest BCUT2D eigenvalue weighted by atomic mass is 9.97. The van der Waals surface area contributed by atoms with Gasteiger partial charge in [-0.15, -0.1) is 11.3 Å². The Morgan fingerprint density at radius 2 is 1.87 bits per heavy atom. The van der Waals surface area contributed by atoms with Crippen molar-refractivity contribution in [2.45, 2.75) is 111 Å². The van der Waals surface area contributed by atoms with Gasteiger partial charge >= 0.3 is 5.97 Å². The van der Waals surface area contributed by atoms with Crippen LogP contribution in [0.15, 0.2) is 5.38 Å². The first-order chi connectivity index (χ1) is 14.4. The highest BCUT2D eigenvalue weighted by Crippen LogP contribution is 2.41. The van der Waals surface area contributed by atoms with Crippen molar-refractivity contribution in [1.82, 2.24) is 10.3 Å². The fourth-order valence-corrected chi connectivity index (χ4v) is 5.31. The normalized spacial score (nSPS) is 14.6. The molecule has 0 unspecified atom stereocenters. The van der Waals surface area contributed by atoms with Crippen molar-refractivity contribution >= 4 is 25.6 Å². The Kier molecular flexibility index (Phi) is 11.9. The van der Waals surface area contributed by atoms with E-state index in [-0.39, 0.29) is 17.1 Å². The van der Waals surface area contributed by atoms with Gasteiger partial charge in [0.15, 0.2) is 14.0 Å². The van der Waals surface area contributed by atoms with Crippen molar-refractivity contribution in [3.63, 3.8) is 0 Å². The minimum absolute atomic E-state index is 0.105. The SMILES string of the molecule is CCCCCCN[C@H](C[C@@H](O[Si](C)(C)C(C)(C)C)c1nc(C(=O)OCC)cs1)C(C)C. The van der Waals surface area contributed by atoms with E-state index in [9.17, 15) is 4.79 Å².